The Morgan fingerprint density at radius 2 is 1.78 bits per heavy atom. The Labute approximate surface area is 212 Å². The first-order valence-electron chi connectivity index (χ1n) is 12.7. The molecule has 8 nitrogen and oxygen atoms in total. The zero-order chi connectivity index (χ0) is 25.2. The van der Waals surface area contributed by atoms with E-state index >= 15 is 0 Å². The van der Waals surface area contributed by atoms with Gasteiger partial charge in [-0.15, -0.1) is 0 Å². The minimum Gasteiger partial charge on any atom is -0.489 e. The zero-order valence-corrected chi connectivity index (χ0v) is 21.7. The lowest BCUT2D eigenvalue weighted by atomic mass is 9.86. The Morgan fingerprint density at radius 1 is 1.00 bits per heavy atom. The average molecular weight is 486 g/mol. The van der Waals surface area contributed by atoms with Crippen molar-refractivity contribution in [3.05, 3.63) is 59.3 Å². The van der Waals surface area contributed by atoms with Gasteiger partial charge in [0.1, 0.15) is 11.6 Å². The molecule has 1 saturated heterocycles. The molecule has 3 N–H and O–H groups in total. The molecule has 36 heavy (non-hydrogen) atoms. The predicted molar refractivity (Wildman–Crippen MR) is 146 cm³/mol. The van der Waals surface area contributed by atoms with Crippen LogP contribution < -0.4 is 15.4 Å². The number of anilines is 4. The average Bonchev–Trinajstić information content (AvgIpc) is 3.32. The summed E-state index contributed by atoms with van der Waals surface area (Å²) in [5.41, 5.74) is 6.27. The maximum absolute atomic E-state index is 6.28. The third kappa shape index (κ3) is 5.14. The highest BCUT2D eigenvalue weighted by molar-refractivity contribution is 5.89. The first kappa shape index (κ1) is 24.1. The van der Waals surface area contributed by atoms with E-state index < -0.39 is 0 Å². The van der Waals surface area contributed by atoms with E-state index in [0.29, 0.717) is 23.3 Å². The number of ether oxygens (including phenoxy) is 1. The number of para-hydroxylation sites is 1. The van der Waals surface area contributed by atoms with E-state index in [1.165, 1.54) is 24.0 Å². The number of benzene rings is 2. The molecule has 3 heterocycles. The molecule has 0 radical (unpaired) electrons. The highest BCUT2D eigenvalue weighted by Gasteiger charge is 2.22. The summed E-state index contributed by atoms with van der Waals surface area (Å²) in [6.45, 7) is 10.6. The van der Waals surface area contributed by atoms with Crippen molar-refractivity contribution in [1.29, 1.82) is 0 Å². The third-order valence-corrected chi connectivity index (χ3v) is 6.84. The molecule has 2 aromatic carbocycles. The molecule has 188 valence electrons. The highest BCUT2D eigenvalue weighted by atomic mass is 16.5. The quantitative estimate of drug-likeness (QED) is 0.293. The van der Waals surface area contributed by atoms with Crippen LogP contribution in [-0.2, 0) is 0 Å². The third-order valence-electron chi connectivity index (χ3n) is 6.84. The topological polar surface area (TPSA) is 91.0 Å². The first-order chi connectivity index (χ1) is 17.4. The van der Waals surface area contributed by atoms with Crippen molar-refractivity contribution in [2.24, 2.45) is 0 Å². The van der Waals surface area contributed by atoms with Crippen molar-refractivity contribution in [2.75, 3.05) is 30.8 Å². The molecule has 4 aromatic rings. The van der Waals surface area contributed by atoms with Gasteiger partial charge in [0.2, 0.25) is 5.95 Å². The lowest BCUT2D eigenvalue weighted by molar-refractivity contribution is 0.241. The summed E-state index contributed by atoms with van der Waals surface area (Å²) in [7, 11) is 2.20. The molecule has 0 atom stereocenters. The molecule has 0 aliphatic carbocycles. The van der Waals surface area contributed by atoms with Crippen LogP contribution in [0.4, 0.5) is 23.1 Å². The monoisotopic (exact) mass is 485 g/mol. The molecule has 0 bridgehead atoms. The molecule has 8 heteroatoms. The molecule has 2 aromatic heterocycles. The second-order valence-corrected chi connectivity index (χ2v) is 10.0. The molecule has 0 unspecified atom stereocenters. The second-order valence-electron chi connectivity index (χ2n) is 10.0. The molecule has 0 amide bonds. The number of piperidine rings is 1. The lowest BCUT2D eigenvalue weighted by Gasteiger charge is -2.30. The number of likely N-dealkylation sites (tertiary alicyclic amines) is 1. The van der Waals surface area contributed by atoms with Crippen molar-refractivity contribution in [1.82, 2.24) is 25.1 Å². The summed E-state index contributed by atoms with van der Waals surface area (Å²) < 4.78 is 6.28. The summed E-state index contributed by atoms with van der Waals surface area (Å²) in [5, 5.41) is 14.9. The Kier molecular flexibility index (Phi) is 6.78. The van der Waals surface area contributed by atoms with Crippen LogP contribution in [0.2, 0.25) is 0 Å². The minimum absolute atomic E-state index is 0.0490. The van der Waals surface area contributed by atoms with Crippen molar-refractivity contribution in [3.63, 3.8) is 0 Å². The number of aromatic amines is 1. The number of aryl methyl sites for hydroxylation is 2. The van der Waals surface area contributed by atoms with Crippen molar-refractivity contribution in [3.8, 4) is 5.75 Å². The summed E-state index contributed by atoms with van der Waals surface area (Å²) >= 11 is 0. The fourth-order valence-electron chi connectivity index (χ4n) is 4.86. The Morgan fingerprint density at radius 3 is 2.53 bits per heavy atom. The second kappa shape index (κ2) is 10.1. The summed E-state index contributed by atoms with van der Waals surface area (Å²) in [6.07, 6.45) is 4.12. The van der Waals surface area contributed by atoms with Crippen LogP contribution in [0.5, 0.6) is 5.75 Å². The van der Waals surface area contributed by atoms with E-state index in [1.54, 1.807) is 6.20 Å². The van der Waals surface area contributed by atoms with Crippen LogP contribution in [0.15, 0.2) is 42.6 Å². The predicted octanol–water partition coefficient (Wildman–Crippen LogP) is 6.05. The molecule has 0 spiro atoms. The highest BCUT2D eigenvalue weighted by Crippen LogP contribution is 2.38. The van der Waals surface area contributed by atoms with Gasteiger partial charge in [-0.1, -0.05) is 18.2 Å². The van der Waals surface area contributed by atoms with Gasteiger partial charge in [0.05, 0.1) is 23.4 Å². The zero-order valence-electron chi connectivity index (χ0n) is 21.7. The number of H-pyrrole nitrogens is 1. The largest absolute Gasteiger partial charge is 0.489 e. The van der Waals surface area contributed by atoms with Crippen LogP contribution in [-0.4, -0.2) is 51.3 Å². The van der Waals surface area contributed by atoms with Gasteiger partial charge in [-0.05, 0) is 101 Å². The summed E-state index contributed by atoms with van der Waals surface area (Å²) in [6, 6.07) is 12.5. The van der Waals surface area contributed by atoms with Crippen molar-refractivity contribution >= 4 is 34.2 Å². The summed E-state index contributed by atoms with van der Waals surface area (Å²) in [5.74, 6) is 2.54. The standard InChI is InChI=1S/C28H35N7O/c1-17(2)36-25-15-21(20-10-12-35(5)13-11-20)19(4)14-24(25)31-28-32-26(22-16-29-34-27(22)33-28)30-23-9-7-6-8-18(23)3/h6-9,14-17,20H,10-13H2,1-5H3,(H3,29,30,31,32,33,34). The van der Waals surface area contributed by atoms with Gasteiger partial charge >= 0.3 is 0 Å². The van der Waals surface area contributed by atoms with E-state index in [1.807, 2.05) is 18.2 Å². The molecule has 5 rings (SSSR count). The number of hydrogen-bond acceptors (Lipinski definition) is 7. The Balaban J connectivity index is 1.50. The fraction of sp³-hybridized carbons (Fsp3) is 0.393. The van der Waals surface area contributed by atoms with Gasteiger partial charge in [0.25, 0.3) is 0 Å². The van der Waals surface area contributed by atoms with E-state index in [4.69, 9.17) is 9.72 Å². The number of nitrogens with zero attached hydrogens (tertiary/aromatic N) is 4. The smallest absolute Gasteiger partial charge is 0.231 e. The van der Waals surface area contributed by atoms with Crippen LogP contribution in [0.25, 0.3) is 11.0 Å². The van der Waals surface area contributed by atoms with Gasteiger partial charge in [-0.3, -0.25) is 5.10 Å². The number of hydrogen-bond donors (Lipinski definition) is 3. The number of nitrogens with one attached hydrogen (secondary N) is 3. The summed E-state index contributed by atoms with van der Waals surface area (Å²) in [4.78, 5) is 11.9. The molecular formula is C28H35N7O. The van der Waals surface area contributed by atoms with E-state index in [9.17, 15) is 0 Å². The van der Waals surface area contributed by atoms with Crippen LogP contribution in [0.1, 0.15) is 49.3 Å². The van der Waals surface area contributed by atoms with Gasteiger partial charge in [0.15, 0.2) is 5.65 Å². The van der Waals surface area contributed by atoms with Crippen LogP contribution in [0.3, 0.4) is 0 Å². The molecule has 1 fully saturated rings. The van der Waals surface area contributed by atoms with E-state index in [2.05, 4.69) is 83.7 Å². The Hall–Kier alpha value is -3.65. The minimum atomic E-state index is 0.0490. The number of rotatable bonds is 7. The van der Waals surface area contributed by atoms with Gasteiger partial charge < -0.3 is 20.3 Å². The maximum atomic E-state index is 6.28. The van der Waals surface area contributed by atoms with Gasteiger partial charge in [-0.2, -0.15) is 15.1 Å². The van der Waals surface area contributed by atoms with E-state index in [-0.39, 0.29) is 6.10 Å². The van der Waals surface area contributed by atoms with Crippen LogP contribution >= 0.6 is 0 Å². The number of fused-ring (bicyclic) bond motifs is 1. The SMILES string of the molecule is Cc1ccccc1Nc1nc(Nc2cc(C)c(C3CCN(C)CC3)cc2OC(C)C)nc2[nH]ncc12. The molecular weight excluding hydrogens is 450 g/mol. The van der Waals surface area contributed by atoms with Crippen molar-refractivity contribution < 1.29 is 4.74 Å². The van der Waals surface area contributed by atoms with Gasteiger partial charge in [0, 0.05) is 5.69 Å². The number of aromatic nitrogens is 4. The normalized spacial score (nSPS) is 14.9. The molecule has 1 aliphatic rings. The molecule has 0 saturated carbocycles. The molecule has 1 aliphatic heterocycles. The maximum Gasteiger partial charge on any atom is 0.231 e. The van der Waals surface area contributed by atoms with E-state index in [0.717, 1.165) is 41.2 Å². The lowest BCUT2D eigenvalue weighted by Crippen LogP contribution is -2.29. The van der Waals surface area contributed by atoms with Crippen LogP contribution in [0, 0.1) is 13.8 Å². The first-order valence-corrected chi connectivity index (χ1v) is 12.7. The van der Waals surface area contributed by atoms with Crippen molar-refractivity contribution in [2.45, 2.75) is 52.6 Å². The van der Waals surface area contributed by atoms with Gasteiger partial charge in [-0.25, -0.2) is 0 Å². The Bertz CT molecular complexity index is 1360. The fourth-order valence-corrected chi connectivity index (χ4v) is 4.86.